The highest BCUT2D eigenvalue weighted by atomic mass is 16.5. The Morgan fingerprint density at radius 3 is 2.14 bits per heavy atom. The van der Waals surface area contributed by atoms with Crippen molar-refractivity contribution in [3.63, 3.8) is 0 Å². The zero-order valence-corrected chi connectivity index (χ0v) is 14.1. The molecule has 0 aromatic rings. The van der Waals surface area contributed by atoms with E-state index in [0.29, 0.717) is 6.54 Å². The van der Waals surface area contributed by atoms with Crippen LogP contribution in [0.1, 0.15) is 27.7 Å². The second-order valence-corrected chi connectivity index (χ2v) is 6.61. The summed E-state index contributed by atoms with van der Waals surface area (Å²) < 4.78 is 5.12. The van der Waals surface area contributed by atoms with Crippen molar-refractivity contribution in [3.8, 4) is 0 Å². The minimum atomic E-state index is -0.611. The van der Waals surface area contributed by atoms with Gasteiger partial charge in [-0.2, -0.15) is 0 Å². The molecule has 1 N–H and O–H groups in total. The minimum Gasteiger partial charge on any atom is -0.460 e. The van der Waals surface area contributed by atoms with E-state index < -0.39 is 11.9 Å². The molecular formula is C16H28N2O3. The fraction of sp³-hybridized carbons (Fsp3) is 0.625. The first kappa shape index (κ1) is 19.4. The molecule has 0 aliphatic carbocycles. The Morgan fingerprint density at radius 2 is 1.71 bits per heavy atom. The van der Waals surface area contributed by atoms with Gasteiger partial charge in [-0.3, -0.25) is 4.79 Å². The normalized spacial score (nSPS) is 12.7. The number of carbonyl (C=O) groups is 2. The maximum Gasteiger partial charge on any atom is 0.338 e. The second kappa shape index (κ2) is 7.98. The van der Waals surface area contributed by atoms with E-state index >= 15 is 0 Å². The molecule has 0 aromatic carbocycles. The Kier molecular flexibility index (Phi) is 7.36. The number of nitrogens with one attached hydrogen (secondary N) is 1. The Balaban J connectivity index is 4.40. The lowest BCUT2D eigenvalue weighted by molar-refractivity contribution is -0.140. The lowest BCUT2D eigenvalue weighted by Gasteiger charge is -2.20. The first-order valence-electron chi connectivity index (χ1n) is 6.95. The van der Waals surface area contributed by atoms with Crippen molar-refractivity contribution < 1.29 is 14.3 Å². The summed E-state index contributed by atoms with van der Waals surface area (Å²) in [6.45, 7) is 15.9. The van der Waals surface area contributed by atoms with Crippen molar-refractivity contribution in [2.24, 2.45) is 5.41 Å². The molecule has 0 aliphatic heterocycles. The van der Waals surface area contributed by atoms with E-state index in [1.807, 2.05) is 46.7 Å². The second-order valence-electron chi connectivity index (χ2n) is 6.61. The number of rotatable bonds is 7. The standard InChI is InChI=1S/C16H28N2O3/c1-11(18(7)8)9-21-15(20)13(3)12(2)14(19)17-10-16(4,5)6/h11H,2-3,9-10H2,1,4-8H3,(H,17,19). The van der Waals surface area contributed by atoms with Gasteiger partial charge in [-0.1, -0.05) is 33.9 Å². The summed E-state index contributed by atoms with van der Waals surface area (Å²) in [5, 5.41) is 2.73. The third kappa shape index (κ3) is 7.66. The van der Waals surface area contributed by atoms with Gasteiger partial charge in [-0.25, -0.2) is 4.79 Å². The van der Waals surface area contributed by atoms with Gasteiger partial charge >= 0.3 is 5.97 Å². The summed E-state index contributed by atoms with van der Waals surface area (Å²) in [7, 11) is 3.79. The van der Waals surface area contributed by atoms with E-state index in [9.17, 15) is 9.59 Å². The largest absolute Gasteiger partial charge is 0.460 e. The Morgan fingerprint density at radius 1 is 1.19 bits per heavy atom. The number of hydrogen-bond acceptors (Lipinski definition) is 4. The van der Waals surface area contributed by atoms with E-state index in [1.165, 1.54) is 0 Å². The van der Waals surface area contributed by atoms with Crippen molar-refractivity contribution >= 4 is 11.9 Å². The van der Waals surface area contributed by atoms with Gasteiger partial charge in [0.25, 0.3) is 5.91 Å². The third-order valence-corrected chi connectivity index (χ3v) is 3.00. The molecule has 0 fully saturated rings. The number of ether oxygens (including phenoxy) is 1. The number of hydrogen-bond donors (Lipinski definition) is 1. The van der Waals surface area contributed by atoms with E-state index in [-0.39, 0.29) is 29.2 Å². The molecule has 5 nitrogen and oxygen atoms in total. The maximum atomic E-state index is 11.9. The molecule has 1 atom stereocenters. The van der Waals surface area contributed by atoms with Crippen LogP contribution in [-0.4, -0.2) is 50.1 Å². The monoisotopic (exact) mass is 296 g/mol. The van der Waals surface area contributed by atoms with Gasteiger partial charge in [0.2, 0.25) is 0 Å². The summed E-state index contributed by atoms with van der Waals surface area (Å²) in [6, 6.07) is 0.0877. The predicted octanol–water partition coefficient (Wildman–Crippen LogP) is 1.75. The highest BCUT2D eigenvalue weighted by molar-refractivity contribution is 6.08. The van der Waals surface area contributed by atoms with Gasteiger partial charge in [0.05, 0.1) is 5.57 Å². The summed E-state index contributed by atoms with van der Waals surface area (Å²) in [6.07, 6.45) is 0. The van der Waals surface area contributed by atoms with Gasteiger partial charge in [-0.05, 0) is 26.4 Å². The summed E-state index contributed by atoms with van der Waals surface area (Å²) in [5.74, 6) is -1.01. The molecule has 0 bridgehead atoms. The zero-order chi connectivity index (χ0) is 16.8. The van der Waals surface area contributed by atoms with Crippen LogP contribution in [0.4, 0.5) is 0 Å². The first-order valence-corrected chi connectivity index (χ1v) is 6.95. The molecule has 0 spiro atoms. The Hall–Kier alpha value is -1.62. The highest BCUT2D eigenvalue weighted by Crippen LogP contribution is 2.12. The van der Waals surface area contributed by atoms with Crippen molar-refractivity contribution in [2.75, 3.05) is 27.2 Å². The molecule has 21 heavy (non-hydrogen) atoms. The van der Waals surface area contributed by atoms with Crippen LogP contribution in [0.5, 0.6) is 0 Å². The van der Waals surface area contributed by atoms with Crippen LogP contribution in [0.2, 0.25) is 0 Å². The van der Waals surface area contributed by atoms with Gasteiger partial charge < -0.3 is 15.0 Å². The van der Waals surface area contributed by atoms with E-state index in [1.54, 1.807) is 0 Å². The SMILES string of the molecule is C=C(C(=C)C(=O)OCC(C)N(C)C)C(=O)NCC(C)(C)C. The fourth-order valence-electron chi connectivity index (χ4n) is 1.14. The van der Waals surface area contributed by atoms with E-state index in [2.05, 4.69) is 18.5 Å². The summed E-state index contributed by atoms with van der Waals surface area (Å²) in [5.41, 5.74) is -0.00651. The average molecular weight is 296 g/mol. The zero-order valence-electron chi connectivity index (χ0n) is 14.1. The van der Waals surface area contributed by atoms with Crippen LogP contribution in [-0.2, 0) is 14.3 Å². The molecular weight excluding hydrogens is 268 g/mol. The molecule has 0 rings (SSSR count). The number of esters is 1. The van der Waals surface area contributed by atoms with Crippen LogP contribution in [0.25, 0.3) is 0 Å². The minimum absolute atomic E-state index is 0.00707. The fourth-order valence-corrected chi connectivity index (χ4v) is 1.14. The molecule has 0 aromatic heterocycles. The third-order valence-electron chi connectivity index (χ3n) is 3.00. The van der Waals surface area contributed by atoms with E-state index in [4.69, 9.17) is 4.74 Å². The summed E-state index contributed by atoms with van der Waals surface area (Å²) in [4.78, 5) is 25.7. The van der Waals surface area contributed by atoms with Crippen molar-refractivity contribution in [1.29, 1.82) is 0 Å². The highest BCUT2D eigenvalue weighted by Gasteiger charge is 2.20. The number of likely N-dealkylation sites (N-methyl/N-ethyl adjacent to an activating group) is 1. The lowest BCUT2D eigenvalue weighted by Crippen LogP contribution is -2.34. The first-order chi connectivity index (χ1) is 9.45. The van der Waals surface area contributed by atoms with Crippen LogP contribution >= 0.6 is 0 Å². The maximum absolute atomic E-state index is 11.9. The van der Waals surface area contributed by atoms with Crippen LogP contribution < -0.4 is 5.32 Å². The van der Waals surface area contributed by atoms with Gasteiger partial charge in [0, 0.05) is 18.2 Å². The molecule has 0 radical (unpaired) electrons. The molecule has 0 aliphatic rings. The Bertz CT molecular complexity index is 420. The van der Waals surface area contributed by atoms with Crippen molar-refractivity contribution in [1.82, 2.24) is 10.2 Å². The molecule has 1 unspecified atom stereocenters. The van der Waals surface area contributed by atoms with Gasteiger partial charge in [-0.15, -0.1) is 0 Å². The summed E-state index contributed by atoms with van der Waals surface area (Å²) >= 11 is 0. The van der Waals surface area contributed by atoms with Crippen LogP contribution in [0.3, 0.4) is 0 Å². The molecule has 5 heteroatoms. The number of carbonyl (C=O) groups excluding carboxylic acids is 2. The molecule has 0 saturated carbocycles. The smallest absolute Gasteiger partial charge is 0.338 e. The number of amides is 1. The molecule has 0 heterocycles. The molecule has 1 amide bonds. The van der Waals surface area contributed by atoms with E-state index in [0.717, 1.165) is 0 Å². The van der Waals surface area contributed by atoms with Crippen molar-refractivity contribution in [2.45, 2.75) is 33.7 Å². The van der Waals surface area contributed by atoms with Gasteiger partial charge in [0.1, 0.15) is 6.61 Å². The van der Waals surface area contributed by atoms with Crippen molar-refractivity contribution in [3.05, 3.63) is 24.3 Å². The molecule has 0 saturated heterocycles. The average Bonchev–Trinajstić information content (AvgIpc) is 2.38. The number of nitrogens with zero attached hydrogens (tertiary/aromatic N) is 1. The van der Waals surface area contributed by atoms with Crippen LogP contribution in [0, 0.1) is 5.41 Å². The quantitative estimate of drug-likeness (QED) is 0.442. The lowest BCUT2D eigenvalue weighted by atomic mass is 9.96. The predicted molar refractivity (Wildman–Crippen MR) is 84.9 cm³/mol. The topological polar surface area (TPSA) is 58.6 Å². The molecule has 120 valence electrons. The van der Waals surface area contributed by atoms with Gasteiger partial charge in [0.15, 0.2) is 0 Å². The van der Waals surface area contributed by atoms with Crippen LogP contribution in [0.15, 0.2) is 24.3 Å². The Labute approximate surface area is 128 Å².